The van der Waals surface area contributed by atoms with Gasteiger partial charge < -0.3 is 20.3 Å². The first kappa shape index (κ1) is 16.7. The highest BCUT2D eigenvalue weighted by Gasteiger charge is 2.28. The van der Waals surface area contributed by atoms with E-state index in [0.717, 1.165) is 12.1 Å². The molecule has 0 unspecified atom stereocenters. The largest absolute Gasteiger partial charge is 0.482 e. The predicted molar refractivity (Wildman–Crippen MR) is 72.2 cm³/mol. The third-order valence-corrected chi connectivity index (χ3v) is 3.23. The standard InChI is InChI=1S/C13H17ClFNO4/c1-2-13(7-17,8-18)16-12(19)6-20-11-4-3-9(15)5-10(11)14/h3-5,17-18H,2,6-8H2,1H3,(H,16,19). The van der Waals surface area contributed by atoms with E-state index in [4.69, 9.17) is 16.3 Å². The normalized spacial score (nSPS) is 11.2. The monoisotopic (exact) mass is 305 g/mol. The average Bonchev–Trinajstić information content (AvgIpc) is 2.44. The van der Waals surface area contributed by atoms with E-state index in [1.165, 1.54) is 6.07 Å². The van der Waals surface area contributed by atoms with Gasteiger partial charge in [0.05, 0.1) is 23.8 Å². The van der Waals surface area contributed by atoms with Gasteiger partial charge in [-0.2, -0.15) is 0 Å². The van der Waals surface area contributed by atoms with E-state index in [-0.39, 0.29) is 30.6 Å². The van der Waals surface area contributed by atoms with Gasteiger partial charge in [-0.1, -0.05) is 18.5 Å². The van der Waals surface area contributed by atoms with Crippen molar-refractivity contribution in [3.63, 3.8) is 0 Å². The Kier molecular flexibility index (Phi) is 6.19. The van der Waals surface area contributed by atoms with E-state index in [1.54, 1.807) is 6.92 Å². The van der Waals surface area contributed by atoms with Gasteiger partial charge in [-0.15, -0.1) is 0 Å². The molecule has 0 atom stereocenters. The molecule has 1 aromatic rings. The lowest BCUT2D eigenvalue weighted by Gasteiger charge is -2.29. The van der Waals surface area contributed by atoms with Crippen LogP contribution < -0.4 is 10.1 Å². The number of halogens is 2. The van der Waals surface area contributed by atoms with E-state index in [2.05, 4.69) is 5.32 Å². The van der Waals surface area contributed by atoms with Crippen LogP contribution in [0.25, 0.3) is 0 Å². The Balaban J connectivity index is 2.59. The fourth-order valence-electron chi connectivity index (χ4n) is 1.51. The maximum Gasteiger partial charge on any atom is 0.258 e. The zero-order valence-corrected chi connectivity index (χ0v) is 11.8. The Hall–Kier alpha value is -1.37. The number of benzene rings is 1. The molecule has 1 rings (SSSR count). The van der Waals surface area contributed by atoms with Crippen molar-refractivity contribution >= 4 is 17.5 Å². The van der Waals surface area contributed by atoms with Gasteiger partial charge in [0.2, 0.25) is 0 Å². The fourth-order valence-corrected chi connectivity index (χ4v) is 1.73. The first-order chi connectivity index (χ1) is 9.46. The van der Waals surface area contributed by atoms with E-state index >= 15 is 0 Å². The molecule has 0 fully saturated rings. The van der Waals surface area contributed by atoms with Crippen LogP contribution in [0.1, 0.15) is 13.3 Å². The van der Waals surface area contributed by atoms with Crippen LogP contribution in [0.4, 0.5) is 4.39 Å². The number of hydrogen-bond acceptors (Lipinski definition) is 4. The number of amides is 1. The second kappa shape index (κ2) is 7.42. The summed E-state index contributed by atoms with van der Waals surface area (Å²) in [5, 5.41) is 21.0. The highest BCUT2D eigenvalue weighted by atomic mass is 35.5. The van der Waals surface area contributed by atoms with Crippen molar-refractivity contribution in [2.75, 3.05) is 19.8 Å². The number of rotatable bonds is 7. The summed E-state index contributed by atoms with van der Waals surface area (Å²) < 4.78 is 18.0. The van der Waals surface area contributed by atoms with Gasteiger partial charge in [-0.3, -0.25) is 4.79 Å². The van der Waals surface area contributed by atoms with Crippen LogP contribution in [0.3, 0.4) is 0 Å². The molecule has 7 heteroatoms. The molecule has 0 heterocycles. The second-order valence-corrected chi connectivity index (χ2v) is 4.77. The van der Waals surface area contributed by atoms with Gasteiger partial charge in [0.15, 0.2) is 6.61 Å². The van der Waals surface area contributed by atoms with Crippen molar-refractivity contribution < 1.29 is 24.1 Å². The highest BCUT2D eigenvalue weighted by molar-refractivity contribution is 6.32. The van der Waals surface area contributed by atoms with E-state index < -0.39 is 17.3 Å². The maximum absolute atomic E-state index is 12.8. The van der Waals surface area contributed by atoms with Crippen molar-refractivity contribution in [1.82, 2.24) is 5.32 Å². The molecular formula is C13H17ClFNO4. The molecule has 1 amide bonds. The predicted octanol–water partition coefficient (Wildman–Crippen LogP) is 1.11. The molecular weight excluding hydrogens is 289 g/mol. The summed E-state index contributed by atoms with van der Waals surface area (Å²) >= 11 is 5.75. The van der Waals surface area contributed by atoms with Gasteiger partial charge in [0, 0.05) is 0 Å². The summed E-state index contributed by atoms with van der Waals surface area (Å²) in [4.78, 5) is 11.7. The van der Waals surface area contributed by atoms with Gasteiger partial charge in [-0.25, -0.2) is 4.39 Å². The third kappa shape index (κ3) is 4.33. The van der Waals surface area contributed by atoms with Gasteiger partial charge >= 0.3 is 0 Å². The van der Waals surface area contributed by atoms with Crippen LogP contribution >= 0.6 is 11.6 Å². The molecule has 0 spiro atoms. The summed E-state index contributed by atoms with van der Waals surface area (Å²) in [6.45, 7) is 0.601. The third-order valence-electron chi connectivity index (χ3n) is 2.94. The molecule has 0 aliphatic heterocycles. The van der Waals surface area contributed by atoms with Gasteiger partial charge in [-0.05, 0) is 24.6 Å². The molecule has 0 aromatic heterocycles. The number of nitrogens with one attached hydrogen (secondary N) is 1. The number of aliphatic hydroxyl groups is 2. The van der Waals surface area contributed by atoms with Crippen LogP contribution in [0.2, 0.25) is 5.02 Å². The molecule has 0 saturated carbocycles. The van der Waals surface area contributed by atoms with Crippen LogP contribution in [0.5, 0.6) is 5.75 Å². The minimum atomic E-state index is -1.08. The average molecular weight is 306 g/mol. The maximum atomic E-state index is 12.8. The molecule has 1 aromatic carbocycles. The quantitative estimate of drug-likeness (QED) is 0.705. The number of aliphatic hydroxyl groups excluding tert-OH is 2. The summed E-state index contributed by atoms with van der Waals surface area (Å²) in [6.07, 6.45) is 0.364. The number of carbonyl (C=O) groups is 1. The molecule has 0 saturated heterocycles. The lowest BCUT2D eigenvalue weighted by molar-refractivity contribution is -0.126. The Morgan fingerprint density at radius 3 is 2.60 bits per heavy atom. The van der Waals surface area contributed by atoms with Crippen molar-refractivity contribution in [2.45, 2.75) is 18.9 Å². The van der Waals surface area contributed by atoms with E-state index in [0.29, 0.717) is 6.42 Å². The van der Waals surface area contributed by atoms with E-state index in [1.807, 2.05) is 0 Å². The summed E-state index contributed by atoms with van der Waals surface area (Å²) in [5.41, 5.74) is -1.08. The van der Waals surface area contributed by atoms with Crippen molar-refractivity contribution in [1.29, 1.82) is 0 Å². The minimum Gasteiger partial charge on any atom is -0.482 e. The van der Waals surface area contributed by atoms with Gasteiger partial charge in [0.1, 0.15) is 11.6 Å². The Morgan fingerprint density at radius 2 is 2.10 bits per heavy atom. The summed E-state index contributed by atoms with van der Waals surface area (Å²) in [5.74, 6) is -0.842. The minimum absolute atomic E-state index is 0.0591. The summed E-state index contributed by atoms with van der Waals surface area (Å²) in [6, 6.07) is 3.56. The SMILES string of the molecule is CCC(CO)(CO)NC(=O)COc1ccc(F)cc1Cl. The highest BCUT2D eigenvalue weighted by Crippen LogP contribution is 2.24. The van der Waals surface area contributed by atoms with Crippen LogP contribution in [0.15, 0.2) is 18.2 Å². The molecule has 112 valence electrons. The fraction of sp³-hybridized carbons (Fsp3) is 0.462. The topological polar surface area (TPSA) is 78.8 Å². The lowest BCUT2D eigenvalue weighted by atomic mass is 9.98. The zero-order valence-electron chi connectivity index (χ0n) is 11.0. The molecule has 3 N–H and O–H groups in total. The molecule has 0 aliphatic rings. The second-order valence-electron chi connectivity index (χ2n) is 4.36. The molecule has 5 nitrogen and oxygen atoms in total. The van der Waals surface area contributed by atoms with Crippen LogP contribution in [-0.4, -0.2) is 41.5 Å². The Bertz CT molecular complexity index is 457. The van der Waals surface area contributed by atoms with Crippen molar-refractivity contribution in [2.24, 2.45) is 0 Å². The zero-order chi connectivity index (χ0) is 15.2. The first-order valence-corrected chi connectivity index (χ1v) is 6.44. The van der Waals surface area contributed by atoms with E-state index in [9.17, 15) is 19.4 Å². The molecule has 20 heavy (non-hydrogen) atoms. The van der Waals surface area contributed by atoms with Crippen LogP contribution in [-0.2, 0) is 4.79 Å². The number of hydrogen-bond donors (Lipinski definition) is 3. The van der Waals surface area contributed by atoms with Gasteiger partial charge in [0.25, 0.3) is 5.91 Å². The molecule has 0 aliphatic carbocycles. The molecule has 0 bridgehead atoms. The lowest BCUT2D eigenvalue weighted by Crippen LogP contribution is -2.54. The first-order valence-electron chi connectivity index (χ1n) is 6.07. The Morgan fingerprint density at radius 1 is 1.45 bits per heavy atom. The smallest absolute Gasteiger partial charge is 0.258 e. The van der Waals surface area contributed by atoms with Crippen LogP contribution in [0, 0.1) is 5.82 Å². The number of carbonyl (C=O) groups excluding carboxylic acids is 1. The number of ether oxygens (including phenoxy) is 1. The molecule has 0 radical (unpaired) electrons. The van der Waals surface area contributed by atoms with Crippen molar-refractivity contribution in [3.8, 4) is 5.75 Å². The van der Waals surface area contributed by atoms with Crippen molar-refractivity contribution in [3.05, 3.63) is 29.0 Å². The summed E-state index contributed by atoms with van der Waals surface area (Å²) in [7, 11) is 0. The Labute approximate surface area is 121 Å².